The van der Waals surface area contributed by atoms with Crippen LogP contribution in [0.5, 0.6) is 0 Å². The van der Waals surface area contributed by atoms with Crippen molar-refractivity contribution >= 4 is 11.8 Å². The molecule has 2 amide bonds. The van der Waals surface area contributed by atoms with Gasteiger partial charge in [-0.2, -0.15) is 0 Å². The van der Waals surface area contributed by atoms with Crippen molar-refractivity contribution in [3.63, 3.8) is 0 Å². The summed E-state index contributed by atoms with van der Waals surface area (Å²) in [7, 11) is 1.29. The van der Waals surface area contributed by atoms with Gasteiger partial charge in [0.25, 0.3) is 5.91 Å². The molecule has 5 heteroatoms. The molecule has 5 nitrogen and oxygen atoms in total. The Morgan fingerprint density at radius 3 is 2.64 bits per heavy atom. The number of carbonyl (C=O) groups excluding carboxylic acids is 2. The Balaban J connectivity index is 2.89. The van der Waals surface area contributed by atoms with E-state index in [9.17, 15) is 9.59 Å². The summed E-state index contributed by atoms with van der Waals surface area (Å²) < 4.78 is 4.74. The molecular weight excluding hydrogens is 148 g/mol. The maximum atomic E-state index is 10.7. The summed E-state index contributed by atoms with van der Waals surface area (Å²) in [5.41, 5.74) is 3.54. The van der Waals surface area contributed by atoms with Crippen molar-refractivity contribution < 1.29 is 14.3 Å². The van der Waals surface area contributed by atoms with Gasteiger partial charge in [-0.05, 0) is 6.08 Å². The summed E-state index contributed by atoms with van der Waals surface area (Å²) in [5, 5.41) is 2.27. The highest BCUT2D eigenvalue weighted by atomic mass is 16.5. The number of carbonyl (C=O) groups is 2. The fraction of sp³-hybridized carbons (Fsp3) is 0.333. The van der Waals surface area contributed by atoms with Crippen molar-refractivity contribution in [1.82, 2.24) is 5.32 Å². The summed E-state index contributed by atoms with van der Waals surface area (Å²) in [6.45, 7) is 0. The van der Waals surface area contributed by atoms with Crippen LogP contribution in [0.15, 0.2) is 12.2 Å². The molecular formula is C6H8N2O3. The minimum absolute atomic E-state index is 0.384. The zero-order chi connectivity index (χ0) is 8.48. The number of primary amides is 1. The summed E-state index contributed by atoms with van der Waals surface area (Å²) in [4.78, 5) is 21.4. The van der Waals surface area contributed by atoms with Crippen LogP contribution in [0.1, 0.15) is 0 Å². The lowest BCUT2D eigenvalue weighted by Gasteiger charge is -2.21. The van der Waals surface area contributed by atoms with Crippen molar-refractivity contribution in [2.75, 3.05) is 7.11 Å². The summed E-state index contributed by atoms with van der Waals surface area (Å²) in [6, 6.07) is 0. The Kier molecular flexibility index (Phi) is 1.66. The number of amides is 2. The number of hydrogen-bond acceptors (Lipinski definition) is 3. The average molecular weight is 156 g/mol. The molecule has 0 spiro atoms. The smallest absolute Gasteiger partial charge is 0.275 e. The van der Waals surface area contributed by atoms with E-state index in [1.54, 1.807) is 0 Å². The molecule has 1 rings (SSSR count). The number of nitrogens with one attached hydrogen (secondary N) is 1. The molecule has 0 aromatic carbocycles. The molecule has 0 radical (unpaired) electrons. The summed E-state index contributed by atoms with van der Waals surface area (Å²) in [5.74, 6) is -1.12. The average Bonchev–Trinajstić information content (AvgIpc) is 2.33. The van der Waals surface area contributed by atoms with Gasteiger partial charge in [0.1, 0.15) is 0 Å². The molecule has 0 fully saturated rings. The van der Waals surface area contributed by atoms with E-state index in [0.717, 1.165) is 0 Å². The molecule has 0 aromatic heterocycles. The molecule has 11 heavy (non-hydrogen) atoms. The maximum Gasteiger partial charge on any atom is 0.275 e. The van der Waals surface area contributed by atoms with E-state index in [4.69, 9.17) is 10.5 Å². The fourth-order valence-corrected chi connectivity index (χ4v) is 0.823. The lowest BCUT2D eigenvalue weighted by Crippen LogP contribution is -2.54. The van der Waals surface area contributed by atoms with Gasteiger partial charge in [-0.15, -0.1) is 0 Å². The number of hydrogen-bond donors (Lipinski definition) is 2. The summed E-state index contributed by atoms with van der Waals surface area (Å²) >= 11 is 0. The first-order valence-corrected chi connectivity index (χ1v) is 2.97. The second-order valence-corrected chi connectivity index (χ2v) is 2.13. The molecule has 0 aromatic rings. The number of methoxy groups -OCH3 is 1. The van der Waals surface area contributed by atoms with Crippen molar-refractivity contribution in [3.8, 4) is 0 Å². The van der Waals surface area contributed by atoms with Gasteiger partial charge in [-0.25, -0.2) is 0 Å². The van der Waals surface area contributed by atoms with Crippen LogP contribution in [0, 0.1) is 0 Å². The van der Waals surface area contributed by atoms with E-state index >= 15 is 0 Å². The van der Waals surface area contributed by atoms with Gasteiger partial charge in [-0.3, -0.25) is 9.59 Å². The van der Waals surface area contributed by atoms with E-state index in [1.165, 1.54) is 19.3 Å². The summed E-state index contributed by atoms with van der Waals surface area (Å²) in [6.07, 6.45) is 2.49. The lowest BCUT2D eigenvalue weighted by atomic mass is 10.2. The zero-order valence-corrected chi connectivity index (χ0v) is 5.96. The van der Waals surface area contributed by atoms with E-state index < -0.39 is 11.6 Å². The van der Waals surface area contributed by atoms with Crippen LogP contribution in [0.4, 0.5) is 0 Å². The first-order valence-electron chi connectivity index (χ1n) is 2.97. The Labute approximate surface area is 63.2 Å². The standard InChI is InChI=1S/C6H8N2O3/c1-11-6(5(7)10)3-2-4(9)8-6/h2-3H,1H3,(H2,7,10)(H,8,9)/t6-/m0/s1. The maximum absolute atomic E-state index is 10.7. The Bertz CT molecular complexity index is 236. The number of rotatable bonds is 2. The van der Waals surface area contributed by atoms with Crippen LogP contribution in [0.2, 0.25) is 0 Å². The normalized spacial score (nSPS) is 28.6. The Morgan fingerprint density at radius 2 is 2.45 bits per heavy atom. The highest BCUT2D eigenvalue weighted by molar-refractivity contribution is 5.99. The van der Waals surface area contributed by atoms with Gasteiger partial charge in [0.2, 0.25) is 11.6 Å². The minimum Gasteiger partial charge on any atom is -0.365 e. The van der Waals surface area contributed by atoms with Crippen LogP contribution in [0.3, 0.4) is 0 Å². The van der Waals surface area contributed by atoms with Gasteiger partial charge in [0.05, 0.1) is 0 Å². The third-order valence-electron chi connectivity index (χ3n) is 1.47. The molecule has 1 aliphatic rings. The van der Waals surface area contributed by atoms with Crippen LogP contribution in [0.25, 0.3) is 0 Å². The predicted octanol–water partition coefficient (Wildman–Crippen LogP) is -1.50. The van der Waals surface area contributed by atoms with Crippen LogP contribution in [-0.4, -0.2) is 24.6 Å². The Hall–Kier alpha value is -1.36. The minimum atomic E-state index is -1.43. The van der Waals surface area contributed by atoms with Gasteiger partial charge < -0.3 is 15.8 Å². The predicted molar refractivity (Wildman–Crippen MR) is 36.2 cm³/mol. The van der Waals surface area contributed by atoms with Gasteiger partial charge in [0.15, 0.2) is 0 Å². The van der Waals surface area contributed by atoms with E-state index in [1.807, 2.05) is 0 Å². The van der Waals surface area contributed by atoms with E-state index in [2.05, 4.69) is 5.32 Å². The second-order valence-electron chi connectivity index (χ2n) is 2.13. The monoisotopic (exact) mass is 156 g/mol. The number of nitrogens with two attached hydrogens (primary N) is 1. The first kappa shape index (κ1) is 7.74. The third kappa shape index (κ3) is 1.10. The molecule has 60 valence electrons. The van der Waals surface area contributed by atoms with Gasteiger partial charge >= 0.3 is 0 Å². The van der Waals surface area contributed by atoms with Crippen molar-refractivity contribution in [2.45, 2.75) is 5.72 Å². The van der Waals surface area contributed by atoms with E-state index in [-0.39, 0.29) is 5.91 Å². The van der Waals surface area contributed by atoms with Crippen molar-refractivity contribution in [1.29, 1.82) is 0 Å². The molecule has 0 unspecified atom stereocenters. The topological polar surface area (TPSA) is 81.4 Å². The third-order valence-corrected chi connectivity index (χ3v) is 1.47. The molecule has 0 saturated heterocycles. The van der Waals surface area contributed by atoms with Crippen molar-refractivity contribution in [3.05, 3.63) is 12.2 Å². The molecule has 3 N–H and O–H groups in total. The number of ether oxygens (including phenoxy) is 1. The molecule has 0 bridgehead atoms. The zero-order valence-electron chi connectivity index (χ0n) is 5.96. The quantitative estimate of drug-likeness (QED) is 0.510. The van der Waals surface area contributed by atoms with Crippen LogP contribution < -0.4 is 11.1 Å². The Morgan fingerprint density at radius 1 is 1.82 bits per heavy atom. The van der Waals surface area contributed by atoms with Crippen LogP contribution >= 0.6 is 0 Å². The molecule has 0 saturated carbocycles. The molecule has 0 aliphatic carbocycles. The largest absolute Gasteiger partial charge is 0.365 e. The SMILES string of the molecule is CO[C@]1(C(N)=O)C=CC(=O)N1. The highest BCUT2D eigenvalue weighted by Gasteiger charge is 2.38. The fourth-order valence-electron chi connectivity index (χ4n) is 0.823. The van der Waals surface area contributed by atoms with Crippen molar-refractivity contribution in [2.24, 2.45) is 5.73 Å². The first-order chi connectivity index (χ1) is 5.10. The molecule has 1 aliphatic heterocycles. The second kappa shape index (κ2) is 2.35. The lowest BCUT2D eigenvalue weighted by molar-refractivity contribution is -0.141. The molecule has 1 heterocycles. The van der Waals surface area contributed by atoms with E-state index in [0.29, 0.717) is 0 Å². The highest BCUT2D eigenvalue weighted by Crippen LogP contribution is 2.12. The molecule has 1 atom stereocenters. The van der Waals surface area contributed by atoms with Crippen LogP contribution in [-0.2, 0) is 14.3 Å². The van der Waals surface area contributed by atoms with Gasteiger partial charge in [-0.1, -0.05) is 0 Å². The van der Waals surface area contributed by atoms with Gasteiger partial charge in [0, 0.05) is 13.2 Å².